The summed E-state index contributed by atoms with van der Waals surface area (Å²) in [5.41, 5.74) is 1.36. The Bertz CT molecular complexity index is 966. The number of hydrogen-bond acceptors (Lipinski definition) is 3. The zero-order chi connectivity index (χ0) is 21.1. The third-order valence-corrected chi connectivity index (χ3v) is 7.14. The molecule has 3 aromatic carbocycles. The van der Waals surface area contributed by atoms with Gasteiger partial charge in [-0.2, -0.15) is 4.39 Å². The van der Waals surface area contributed by atoms with Gasteiger partial charge in [0.05, 0.1) is 6.61 Å². The summed E-state index contributed by atoms with van der Waals surface area (Å²) in [5.74, 6) is 0.934. The third-order valence-electron chi connectivity index (χ3n) is 5.00. The van der Waals surface area contributed by atoms with Gasteiger partial charge in [0, 0.05) is 0 Å². The molecule has 0 saturated carbocycles. The lowest BCUT2D eigenvalue weighted by Gasteiger charge is -2.22. The van der Waals surface area contributed by atoms with Crippen molar-refractivity contribution in [2.24, 2.45) is 0 Å². The van der Waals surface area contributed by atoms with Crippen molar-refractivity contribution in [3.8, 4) is 11.5 Å². The molecule has 1 heterocycles. The normalized spacial score (nSPS) is 16.9. The van der Waals surface area contributed by atoms with Gasteiger partial charge in [-0.3, -0.25) is 0 Å². The first-order valence-electron chi connectivity index (χ1n) is 10.1. The molecule has 1 aliphatic rings. The second kappa shape index (κ2) is 8.62. The number of rotatable bonds is 7. The monoisotopic (exact) mass is 421 g/mol. The van der Waals surface area contributed by atoms with Gasteiger partial charge in [-0.1, -0.05) is 87.5 Å². The largest absolute Gasteiger partial charge is 0.530 e. The maximum absolute atomic E-state index is 14.2. The van der Waals surface area contributed by atoms with E-state index in [1.165, 1.54) is 5.56 Å². The van der Waals surface area contributed by atoms with Crippen LogP contribution in [0.15, 0.2) is 78.9 Å². The smallest absolute Gasteiger partial charge is 0.352 e. The fourth-order valence-electron chi connectivity index (χ4n) is 3.14. The molecule has 1 unspecified atom stereocenters. The summed E-state index contributed by atoms with van der Waals surface area (Å²) < 4.78 is 31.2. The van der Waals surface area contributed by atoms with Crippen molar-refractivity contribution < 1.29 is 18.3 Å². The Morgan fingerprint density at radius 1 is 0.867 bits per heavy atom. The van der Waals surface area contributed by atoms with Crippen LogP contribution in [0.4, 0.5) is 4.39 Å². The molecule has 0 aromatic heterocycles. The highest BCUT2D eigenvalue weighted by Crippen LogP contribution is 2.31. The lowest BCUT2D eigenvalue weighted by atomic mass is 9.87. The summed E-state index contributed by atoms with van der Waals surface area (Å²) in [5, 5.41) is 2.24. The molecular formula is C25H26FO3Si. The molecule has 1 saturated heterocycles. The first-order chi connectivity index (χ1) is 14.4. The Kier molecular flexibility index (Phi) is 5.93. The number of para-hydroxylation sites is 2. The van der Waals surface area contributed by atoms with Gasteiger partial charge < -0.3 is 13.9 Å². The third kappa shape index (κ3) is 4.91. The van der Waals surface area contributed by atoms with Crippen LogP contribution in [0.3, 0.4) is 0 Å². The number of halogens is 1. The van der Waals surface area contributed by atoms with E-state index in [9.17, 15) is 4.39 Å². The fraction of sp³-hybridized carbons (Fsp3) is 0.280. The molecule has 1 aliphatic heterocycles. The first-order valence-corrected chi connectivity index (χ1v) is 11.5. The van der Waals surface area contributed by atoms with Crippen LogP contribution in [0.25, 0.3) is 0 Å². The predicted octanol–water partition coefficient (Wildman–Crippen LogP) is 4.24. The van der Waals surface area contributed by atoms with Gasteiger partial charge in [0.25, 0.3) is 6.36 Å². The Labute approximate surface area is 179 Å². The SMILES string of the molecule is CC(C)(C)c1ccc([Si](Oc2ccccc2OC(F)[C@@H]2CO2)c2ccccc2)cc1. The summed E-state index contributed by atoms with van der Waals surface area (Å²) in [6.45, 7) is 6.99. The number of benzene rings is 3. The molecule has 4 rings (SSSR count). The van der Waals surface area contributed by atoms with Crippen LogP contribution in [0.1, 0.15) is 26.3 Å². The van der Waals surface area contributed by atoms with Crippen molar-refractivity contribution >= 4 is 19.4 Å². The maximum Gasteiger partial charge on any atom is 0.352 e. The van der Waals surface area contributed by atoms with Gasteiger partial charge in [0.2, 0.25) is 0 Å². The molecule has 0 aliphatic carbocycles. The van der Waals surface area contributed by atoms with Crippen LogP contribution in [-0.2, 0) is 10.2 Å². The summed E-state index contributed by atoms with van der Waals surface area (Å²) in [4.78, 5) is 0. The first kappa shape index (κ1) is 20.6. The second-order valence-electron chi connectivity index (χ2n) is 8.41. The Morgan fingerprint density at radius 2 is 1.43 bits per heavy atom. The van der Waals surface area contributed by atoms with Gasteiger partial charge in [-0.15, -0.1) is 0 Å². The average Bonchev–Trinajstić information content (AvgIpc) is 3.59. The maximum atomic E-state index is 14.2. The highest BCUT2D eigenvalue weighted by atomic mass is 28.3. The summed E-state index contributed by atoms with van der Waals surface area (Å²) in [6.07, 6.45) is -1.98. The number of alkyl halides is 1. The molecular weight excluding hydrogens is 395 g/mol. The van der Waals surface area contributed by atoms with Gasteiger partial charge in [-0.05, 0) is 33.5 Å². The average molecular weight is 422 g/mol. The minimum absolute atomic E-state index is 0.0838. The van der Waals surface area contributed by atoms with E-state index in [-0.39, 0.29) is 5.41 Å². The van der Waals surface area contributed by atoms with E-state index in [4.69, 9.17) is 13.9 Å². The molecule has 0 N–H and O–H groups in total. The molecule has 3 aromatic rings. The fourth-order valence-corrected chi connectivity index (χ4v) is 5.06. The van der Waals surface area contributed by atoms with Crippen LogP contribution < -0.4 is 19.5 Å². The zero-order valence-corrected chi connectivity index (χ0v) is 18.5. The number of epoxide rings is 1. The zero-order valence-electron chi connectivity index (χ0n) is 17.5. The van der Waals surface area contributed by atoms with E-state index in [1.54, 1.807) is 6.07 Å². The van der Waals surface area contributed by atoms with Crippen LogP contribution in [0.5, 0.6) is 11.5 Å². The van der Waals surface area contributed by atoms with Gasteiger partial charge in [-0.25, -0.2) is 0 Å². The Balaban J connectivity index is 1.65. The van der Waals surface area contributed by atoms with Crippen LogP contribution >= 0.6 is 0 Å². The van der Waals surface area contributed by atoms with Crippen molar-refractivity contribution in [1.29, 1.82) is 0 Å². The molecule has 1 radical (unpaired) electrons. The Hall–Kier alpha value is -2.63. The van der Waals surface area contributed by atoms with Gasteiger partial charge in [0.15, 0.2) is 5.75 Å². The Morgan fingerprint density at radius 3 is 2.03 bits per heavy atom. The summed E-state index contributed by atoms with van der Waals surface area (Å²) in [6, 6.07) is 26.0. The summed E-state index contributed by atoms with van der Waals surface area (Å²) in [7, 11) is -1.61. The minimum Gasteiger partial charge on any atom is -0.530 e. The molecule has 30 heavy (non-hydrogen) atoms. The van der Waals surface area contributed by atoms with E-state index in [1.807, 2.05) is 36.4 Å². The topological polar surface area (TPSA) is 31.0 Å². The van der Waals surface area contributed by atoms with Crippen molar-refractivity contribution in [2.75, 3.05) is 6.61 Å². The van der Waals surface area contributed by atoms with Gasteiger partial charge in [0.1, 0.15) is 11.9 Å². The molecule has 0 amide bonds. The van der Waals surface area contributed by atoms with E-state index in [2.05, 4.69) is 57.2 Å². The standard InChI is InChI=1S/C25H26FO3Si/c1-25(2,3)18-13-15-20(16-14-18)30(19-9-5-4-6-10-19)29-22-12-8-7-11-21(22)28-24(26)23-17-27-23/h4-16,23-24H,17H2,1-3H3/t23-,24?/m0/s1. The summed E-state index contributed by atoms with van der Waals surface area (Å²) >= 11 is 0. The van der Waals surface area contributed by atoms with Crippen molar-refractivity contribution in [3.63, 3.8) is 0 Å². The van der Waals surface area contributed by atoms with Crippen molar-refractivity contribution in [2.45, 2.75) is 38.6 Å². The van der Waals surface area contributed by atoms with Crippen LogP contribution in [0.2, 0.25) is 0 Å². The molecule has 155 valence electrons. The van der Waals surface area contributed by atoms with Crippen molar-refractivity contribution in [1.82, 2.24) is 0 Å². The van der Waals surface area contributed by atoms with Crippen LogP contribution in [0, 0.1) is 0 Å². The molecule has 3 nitrogen and oxygen atoms in total. The minimum atomic E-state index is -1.61. The van der Waals surface area contributed by atoms with Gasteiger partial charge >= 0.3 is 9.04 Å². The highest BCUT2D eigenvalue weighted by Gasteiger charge is 2.35. The van der Waals surface area contributed by atoms with Crippen LogP contribution in [-0.4, -0.2) is 28.1 Å². The van der Waals surface area contributed by atoms with E-state index in [0.717, 1.165) is 10.4 Å². The van der Waals surface area contributed by atoms with E-state index >= 15 is 0 Å². The van der Waals surface area contributed by atoms with E-state index < -0.39 is 21.5 Å². The quantitative estimate of drug-likeness (QED) is 0.422. The number of ether oxygens (including phenoxy) is 2. The molecule has 0 bridgehead atoms. The number of hydrogen-bond donors (Lipinski definition) is 0. The lowest BCUT2D eigenvalue weighted by molar-refractivity contribution is 0.0384. The molecule has 1 fully saturated rings. The molecule has 5 heteroatoms. The molecule has 2 atom stereocenters. The highest BCUT2D eigenvalue weighted by molar-refractivity contribution is 6.80. The lowest BCUT2D eigenvalue weighted by Crippen LogP contribution is -2.47. The molecule has 0 spiro atoms. The van der Waals surface area contributed by atoms with Crippen molar-refractivity contribution in [3.05, 3.63) is 84.4 Å². The second-order valence-corrected chi connectivity index (χ2v) is 10.4. The van der Waals surface area contributed by atoms with E-state index in [0.29, 0.717) is 18.1 Å². The predicted molar refractivity (Wildman–Crippen MR) is 119 cm³/mol.